The number of benzene rings is 1. The molecule has 25 heavy (non-hydrogen) atoms. The zero-order chi connectivity index (χ0) is 17.9. The second-order valence-electron chi connectivity index (χ2n) is 5.38. The SMILES string of the molecule is CCCNc1nnc(SCC(=O)N(CCOC)Cc2ccccc2)s1. The van der Waals surface area contributed by atoms with Crippen LogP contribution in [0.1, 0.15) is 18.9 Å². The van der Waals surface area contributed by atoms with E-state index in [2.05, 4.69) is 22.4 Å². The summed E-state index contributed by atoms with van der Waals surface area (Å²) in [5, 5.41) is 12.2. The average molecular weight is 381 g/mol. The standard InChI is InChI=1S/C17H24N4O2S2/c1-3-9-18-16-19-20-17(25-16)24-13-15(22)21(10-11-23-2)12-14-7-5-4-6-8-14/h4-8H,3,9-13H2,1-2H3,(H,18,19). The molecule has 0 saturated carbocycles. The van der Waals surface area contributed by atoms with Crippen LogP contribution in [0.3, 0.4) is 0 Å². The van der Waals surface area contributed by atoms with Crippen molar-refractivity contribution in [1.82, 2.24) is 15.1 Å². The average Bonchev–Trinajstić information content (AvgIpc) is 3.10. The van der Waals surface area contributed by atoms with Crippen LogP contribution in [0, 0.1) is 0 Å². The van der Waals surface area contributed by atoms with Crippen molar-refractivity contribution in [2.24, 2.45) is 0 Å². The molecule has 0 spiro atoms. The van der Waals surface area contributed by atoms with Gasteiger partial charge in [-0.05, 0) is 12.0 Å². The molecule has 0 aliphatic heterocycles. The Balaban J connectivity index is 1.88. The molecule has 136 valence electrons. The Labute approximate surface area is 157 Å². The first-order chi connectivity index (χ1) is 12.2. The molecule has 2 rings (SSSR count). The Bertz CT molecular complexity index is 637. The Kier molecular flexibility index (Phi) is 8.71. The number of thioether (sulfide) groups is 1. The monoisotopic (exact) mass is 380 g/mol. The minimum atomic E-state index is 0.0733. The third-order valence-corrected chi connectivity index (χ3v) is 5.39. The number of rotatable bonds is 11. The molecule has 1 heterocycles. The van der Waals surface area contributed by atoms with Gasteiger partial charge in [0.05, 0.1) is 12.4 Å². The van der Waals surface area contributed by atoms with E-state index in [-0.39, 0.29) is 5.91 Å². The summed E-state index contributed by atoms with van der Waals surface area (Å²) < 4.78 is 5.94. The third-order valence-electron chi connectivity index (χ3n) is 3.39. The van der Waals surface area contributed by atoms with E-state index in [0.29, 0.717) is 25.4 Å². The molecule has 0 atom stereocenters. The summed E-state index contributed by atoms with van der Waals surface area (Å²) >= 11 is 2.91. The molecule has 0 aliphatic carbocycles. The van der Waals surface area contributed by atoms with E-state index in [1.54, 1.807) is 7.11 Å². The lowest BCUT2D eigenvalue weighted by Crippen LogP contribution is -2.34. The van der Waals surface area contributed by atoms with Crippen LogP contribution < -0.4 is 5.32 Å². The van der Waals surface area contributed by atoms with Crippen molar-refractivity contribution in [2.75, 3.05) is 37.9 Å². The summed E-state index contributed by atoms with van der Waals surface area (Å²) in [6, 6.07) is 9.98. The number of ether oxygens (including phenoxy) is 1. The lowest BCUT2D eigenvalue weighted by atomic mass is 10.2. The van der Waals surface area contributed by atoms with Gasteiger partial charge >= 0.3 is 0 Å². The highest BCUT2D eigenvalue weighted by molar-refractivity contribution is 8.01. The fourth-order valence-electron chi connectivity index (χ4n) is 2.08. The summed E-state index contributed by atoms with van der Waals surface area (Å²) in [5.74, 6) is 0.419. The number of methoxy groups -OCH3 is 1. The number of carbonyl (C=O) groups is 1. The van der Waals surface area contributed by atoms with Crippen LogP contribution in [0.4, 0.5) is 5.13 Å². The van der Waals surface area contributed by atoms with Gasteiger partial charge in [0.15, 0.2) is 4.34 Å². The Morgan fingerprint density at radius 3 is 2.84 bits per heavy atom. The first-order valence-corrected chi connectivity index (χ1v) is 10.0. The zero-order valence-corrected chi connectivity index (χ0v) is 16.2. The first kappa shape index (κ1) is 19.7. The van der Waals surface area contributed by atoms with Gasteiger partial charge in [-0.15, -0.1) is 10.2 Å². The summed E-state index contributed by atoms with van der Waals surface area (Å²) in [6.45, 7) is 4.66. The van der Waals surface area contributed by atoms with Crippen molar-refractivity contribution < 1.29 is 9.53 Å². The predicted octanol–water partition coefficient (Wildman–Crippen LogP) is 3.13. The molecule has 1 aromatic carbocycles. The molecule has 0 unspecified atom stereocenters. The lowest BCUT2D eigenvalue weighted by molar-refractivity contribution is -0.129. The van der Waals surface area contributed by atoms with Crippen LogP contribution in [0.25, 0.3) is 0 Å². The summed E-state index contributed by atoms with van der Waals surface area (Å²) in [7, 11) is 1.64. The molecule has 0 fully saturated rings. The van der Waals surface area contributed by atoms with Gasteiger partial charge in [-0.3, -0.25) is 4.79 Å². The summed E-state index contributed by atoms with van der Waals surface area (Å²) in [6.07, 6.45) is 1.04. The van der Waals surface area contributed by atoms with Crippen LogP contribution in [0.15, 0.2) is 34.7 Å². The highest BCUT2D eigenvalue weighted by Crippen LogP contribution is 2.25. The van der Waals surface area contributed by atoms with Crippen LogP contribution >= 0.6 is 23.1 Å². The van der Waals surface area contributed by atoms with Gasteiger partial charge in [0.1, 0.15) is 0 Å². The molecule has 1 aromatic heterocycles. The Morgan fingerprint density at radius 2 is 2.12 bits per heavy atom. The van der Waals surface area contributed by atoms with E-state index < -0.39 is 0 Å². The third kappa shape index (κ3) is 7.01. The maximum absolute atomic E-state index is 12.6. The number of nitrogens with zero attached hydrogens (tertiary/aromatic N) is 3. The van der Waals surface area contributed by atoms with Crippen molar-refractivity contribution in [3.05, 3.63) is 35.9 Å². The Morgan fingerprint density at radius 1 is 1.32 bits per heavy atom. The molecular formula is C17H24N4O2S2. The highest BCUT2D eigenvalue weighted by Gasteiger charge is 2.15. The maximum atomic E-state index is 12.6. The molecule has 2 aromatic rings. The van der Waals surface area contributed by atoms with Gasteiger partial charge in [0, 0.05) is 26.7 Å². The summed E-state index contributed by atoms with van der Waals surface area (Å²) in [4.78, 5) is 14.4. The predicted molar refractivity (Wildman–Crippen MR) is 103 cm³/mol. The number of aromatic nitrogens is 2. The molecule has 0 bridgehead atoms. The topological polar surface area (TPSA) is 67.4 Å². The second kappa shape index (κ2) is 11.1. The number of nitrogens with one attached hydrogen (secondary N) is 1. The minimum Gasteiger partial charge on any atom is -0.383 e. The normalized spacial score (nSPS) is 10.6. The molecule has 8 heteroatoms. The van der Waals surface area contributed by atoms with Gasteiger partial charge in [-0.1, -0.05) is 60.4 Å². The van der Waals surface area contributed by atoms with E-state index in [4.69, 9.17) is 4.74 Å². The maximum Gasteiger partial charge on any atom is 0.233 e. The second-order valence-corrected chi connectivity index (χ2v) is 7.58. The van der Waals surface area contributed by atoms with Crippen LogP contribution in [0.2, 0.25) is 0 Å². The van der Waals surface area contributed by atoms with Gasteiger partial charge in [-0.25, -0.2) is 0 Å². The fraction of sp³-hybridized carbons (Fsp3) is 0.471. The van der Waals surface area contributed by atoms with Crippen LogP contribution in [-0.4, -0.2) is 53.6 Å². The van der Waals surface area contributed by atoms with Crippen molar-refractivity contribution in [2.45, 2.75) is 24.2 Å². The van der Waals surface area contributed by atoms with E-state index >= 15 is 0 Å². The van der Waals surface area contributed by atoms with E-state index in [1.165, 1.54) is 23.1 Å². The van der Waals surface area contributed by atoms with Crippen molar-refractivity contribution in [1.29, 1.82) is 0 Å². The number of hydrogen-bond acceptors (Lipinski definition) is 7. The van der Waals surface area contributed by atoms with E-state index in [0.717, 1.165) is 28.0 Å². The summed E-state index contributed by atoms with van der Waals surface area (Å²) in [5.41, 5.74) is 1.11. The number of carbonyl (C=O) groups excluding carboxylic acids is 1. The number of amides is 1. The molecular weight excluding hydrogens is 356 g/mol. The molecule has 6 nitrogen and oxygen atoms in total. The quantitative estimate of drug-likeness (QED) is 0.604. The number of anilines is 1. The van der Waals surface area contributed by atoms with E-state index in [9.17, 15) is 4.79 Å². The van der Waals surface area contributed by atoms with Crippen molar-refractivity contribution in [3.8, 4) is 0 Å². The van der Waals surface area contributed by atoms with Gasteiger partial charge in [-0.2, -0.15) is 0 Å². The first-order valence-electron chi connectivity index (χ1n) is 8.23. The highest BCUT2D eigenvalue weighted by atomic mass is 32.2. The molecule has 1 amide bonds. The molecule has 0 aliphatic rings. The smallest absolute Gasteiger partial charge is 0.233 e. The van der Waals surface area contributed by atoms with Gasteiger partial charge in [0.25, 0.3) is 0 Å². The van der Waals surface area contributed by atoms with Crippen molar-refractivity contribution >= 4 is 34.1 Å². The Hall–Kier alpha value is -1.64. The van der Waals surface area contributed by atoms with Gasteiger partial charge < -0.3 is 15.0 Å². The molecule has 0 saturated heterocycles. The molecule has 0 radical (unpaired) electrons. The lowest BCUT2D eigenvalue weighted by Gasteiger charge is -2.22. The van der Waals surface area contributed by atoms with Crippen LogP contribution in [0.5, 0.6) is 0 Å². The van der Waals surface area contributed by atoms with Gasteiger partial charge in [0.2, 0.25) is 11.0 Å². The fourth-order valence-corrected chi connectivity index (χ4v) is 3.76. The molecule has 1 N–H and O–H groups in total. The minimum absolute atomic E-state index is 0.0733. The largest absolute Gasteiger partial charge is 0.383 e. The van der Waals surface area contributed by atoms with Crippen molar-refractivity contribution in [3.63, 3.8) is 0 Å². The van der Waals surface area contributed by atoms with E-state index in [1.807, 2.05) is 35.2 Å². The zero-order valence-electron chi connectivity index (χ0n) is 14.6. The number of hydrogen-bond donors (Lipinski definition) is 1. The van der Waals surface area contributed by atoms with Crippen LogP contribution in [-0.2, 0) is 16.1 Å².